The molecule has 0 aromatic carbocycles. The predicted octanol–water partition coefficient (Wildman–Crippen LogP) is 2.70. The lowest BCUT2D eigenvalue weighted by Gasteiger charge is -2.23. The van der Waals surface area contributed by atoms with Gasteiger partial charge >= 0.3 is 0 Å². The summed E-state index contributed by atoms with van der Waals surface area (Å²) in [6.45, 7) is 3.24. The molecule has 84 valence electrons. The van der Waals surface area contributed by atoms with Crippen molar-refractivity contribution in [3.05, 3.63) is 24.2 Å². The van der Waals surface area contributed by atoms with Crippen molar-refractivity contribution >= 4 is 11.8 Å². The highest BCUT2D eigenvalue weighted by Crippen LogP contribution is 2.30. The van der Waals surface area contributed by atoms with Crippen LogP contribution in [-0.4, -0.2) is 23.6 Å². The zero-order valence-corrected chi connectivity index (χ0v) is 10.1. The standard InChI is InChI=1S/C12H19NOS/c1-2-13-11(12-4-3-7-15-12)8-10-5-6-14-9-10/h5-6,9,11-13H,2-4,7-8H2,1H3. The Morgan fingerprint density at radius 2 is 2.60 bits per heavy atom. The highest BCUT2D eigenvalue weighted by Gasteiger charge is 2.25. The van der Waals surface area contributed by atoms with Crippen molar-refractivity contribution in [2.75, 3.05) is 12.3 Å². The number of rotatable bonds is 5. The Balaban J connectivity index is 1.93. The fourth-order valence-corrected chi connectivity index (χ4v) is 3.57. The summed E-state index contributed by atoms with van der Waals surface area (Å²) in [7, 11) is 0. The van der Waals surface area contributed by atoms with E-state index in [2.05, 4.69) is 30.1 Å². The lowest BCUT2D eigenvalue weighted by molar-refractivity contribution is 0.491. The molecular weight excluding hydrogens is 206 g/mol. The van der Waals surface area contributed by atoms with Gasteiger partial charge in [0.15, 0.2) is 0 Å². The first-order valence-electron chi connectivity index (χ1n) is 5.76. The fourth-order valence-electron chi connectivity index (χ4n) is 2.18. The lowest BCUT2D eigenvalue weighted by Crippen LogP contribution is -2.38. The minimum absolute atomic E-state index is 0.611. The maximum absolute atomic E-state index is 5.12. The van der Waals surface area contributed by atoms with Crippen LogP contribution >= 0.6 is 11.8 Å². The highest BCUT2D eigenvalue weighted by atomic mass is 32.2. The van der Waals surface area contributed by atoms with Gasteiger partial charge in [-0.05, 0) is 43.2 Å². The molecule has 1 aromatic heterocycles. The van der Waals surface area contributed by atoms with E-state index in [1.54, 1.807) is 6.26 Å². The SMILES string of the molecule is CCNC(Cc1ccoc1)C1CCCS1. The summed E-state index contributed by atoms with van der Waals surface area (Å²) in [5.41, 5.74) is 1.31. The maximum Gasteiger partial charge on any atom is 0.0935 e. The van der Waals surface area contributed by atoms with E-state index in [-0.39, 0.29) is 0 Å². The van der Waals surface area contributed by atoms with Gasteiger partial charge in [-0.1, -0.05) is 6.92 Å². The molecule has 3 heteroatoms. The molecule has 1 aromatic rings. The van der Waals surface area contributed by atoms with Gasteiger partial charge in [-0.25, -0.2) is 0 Å². The summed E-state index contributed by atoms with van der Waals surface area (Å²) < 4.78 is 5.12. The molecule has 2 nitrogen and oxygen atoms in total. The number of furan rings is 1. The van der Waals surface area contributed by atoms with Gasteiger partial charge < -0.3 is 9.73 Å². The van der Waals surface area contributed by atoms with E-state index in [0.29, 0.717) is 6.04 Å². The molecular formula is C12H19NOS. The molecule has 0 spiro atoms. The largest absolute Gasteiger partial charge is 0.472 e. The normalized spacial score (nSPS) is 23.1. The molecule has 2 unspecified atom stereocenters. The smallest absolute Gasteiger partial charge is 0.0935 e. The second-order valence-electron chi connectivity index (χ2n) is 4.05. The summed E-state index contributed by atoms with van der Waals surface area (Å²) in [5.74, 6) is 1.33. The van der Waals surface area contributed by atoms with Crippen molar-refractivity contribution in [2.24, 2.45) is 0 Å². The minimum Gasteiger partial charge on any atom is -0.472 e. The van der Waals surface area contributed by atoms with Crippen LogP contribution in [0.25, 0.3) is 0 Å². The van der Waals surface area contributed by atoms with E-state index in [9.17, 15) is 0 Å². The molecule has 1 N–H and O–H groups in total. The summed E-state index contributed by atoms with van der Waals surface area (Å²) in [6, 6.07) is 2.68. The quantitative estimate of drug-likeness (QED) is 0.834. The van der Waals surface area contributed by atoms with Crippen LogP contribution in [0.2, 0.25) is 0 Å². The molecule has 1 fully saturated rings. The Labute approximate surface area is 95.8 Å². The molecule has 1 saturated heterocycles. The van der Waals surface area contributed by atoms with E-state index < -0.39 is 0 Å². The van der Waals surface area contributed by atoms with E-state index in [0.717, 1.165) is 18.2 Å². The van der Waals surface area contributed by atoms with Crippen LogP contribution in [0.15, 0.2) is 23.0 Å². The minimum atomic E-state index is 0.611. The van der Waals surface area contributed by atoms with Crippen molar-refractivity contribution in [3.63, 3.8) is 0 Å². The van der Waals surface area contributed by atoms with Crippen LogP contribution in [0.1, 0.15) is 25.3 Å². The molecule has 0 aliphatic carbocycles. The Bertz CT molecular complexity index is 267. The Morgan fingerprint density at radius 1 is 1.67 bits per heavy atom. The van der Waals surface area contributed by atoms with Gasteiger partial charge in [-0.15, -0.1) is 0 Å². The van der Waals surface area contributed by atoms with Gasteiger partial charge in [-0.2, -0.15) is 11.8 Å². The predicted molar refractivity (Wildman–Crippen MR) is 65.4 cm³/mol. The summed E-state index contributed by atoms with van der Waals surface area (Å²) in [4.78, 5) is 0. The van der Waals surface area contributed by atoms with Crippen molar-refractivity contribution in [3.8, 4) is 0 Å². The van der Waals surface area contributed by atoms with Crippen LogP contribution in [0.4, 0.5) is 0 Å². The van der Waals surface area contributed by atoms with Crippen LogP contribution < -0.4 is 5.32 Å². The second kappa shape index (κ2) is 5.61. The van der Waals surface area contributed by atoms with Gasteiger partial charge in [-0.3, -0.25) is 0 Å². The average molecular weight is 225 g/mol. The molecule has 2 atom stereocenters. The monoisotopic (exact) mass is 225 g/mol. The highest BCUT2D eigenvalue weighted by molar-refractivity contribution is 8.00. The molecule has 15 heavy (non-hydrogen) atoms. The number of likely N-dealkylation sites (N-methyl/N-ethyl adjacent to an activating group) is 1. The Morgan fingerprint density at radius 3 is 3.20 bits per heavy atom. The Kier molecular flexibility index (Phi) is 4.15. The first-order valence-corrected chi connectivity index (χ1v) is 6.81. The molecule has 0 radical (unpaired) electrons. The maximum atomic E-state index is 5.12. The molecule has 2 rings (SSSR count). The first-order chi connectivity index (χ1) is 7.40. The molecule has 0 bridgehead atoms. The summed E-state index contributed by atoms with van der Waals surface area (Å²) in [6.07, 6.45) is 7.47. The zero-order chi connectivity index (χ0) is 10.5. The Hall–Kier alpha value is -0.410. The van der Waals surface area contributed by atoms with Crippen molar-refractivity contribution < 1.29 is 4.42 Å². The number of thioether (sulfide) groups is 1. The third kappa shape index (κ3) is 3.02. The first kappa shape index (κ1) is 11.1. The second-order valence-corrected chi connectivity index (χ2v) is 5.40. The van der Waals surface area contributed by atoms with Gasteiger partial charge in [0.1, 0.15) is 0 Å². The molecule has 0 saturated carbocycles. The summed E-state index contributed by atoms with van der Waals surface area (Å²) >= 11 is 2.12. The topological polar surface area (TPSA) is 25.2 Å². The van der Waals surface area contributed by atoms with Gasteiger partial charge in [0.2, 0.25) is 0 Å². The van der Waals surface area contributed by atoms with Crippen LogP contribution in [0.5, 0.6) is 0 Å². The van der Waals surface area contributed by atoms with E-state index in [4.69, 9.17) is 4.42 Å². The number of hydrogen-bond donors (Lipinski definition) is 1. The van der Waals surface area contributed by atoms with Crippen molar-refractivity contribution in [2.45, 2.75) is 37.5 Å². The third-order valence-corrected chi connectivity index (χ3v) is 4.43. The van der Waals surface area contributed by atoms with E-state index in [1.165, 1.54) is 24.2 Å². The van der Waals surface area contributed by atoms with E-state index >= 15 is 0 Å². The van der Waals surface area contributed by atoms with Gasteiger partial charge in [0, 0.05) is 11.3 Å². The number of nitrogens with one attached hydrogen (secondary N) is 1. The molecule has 0 amide bonds. The van der Waals surface area contributed by atoms with Crippen molar-refractivity contribution in [1.82, 2.24) is 5.32 Å². The molecule has 1 aliphatic heterocycles. The zero-order valence-electron chi connectivity index (χ0n) is 9.24. The molecule has 1 aliphatic rings. The third-order valence-electron chi connectivity index (χ3n) is 2.92. The summed E-state index contributed by atoms with van der Waals surface area (Å²) in [5, 5.41) is 4.39. The number of hydrogen-bond acceptors (Lipinski definition) is 3. The lowest BCUT2D eigenvalue weighted by atomic mass is 10.0. The van der Waals surface area contributed by atoms with Crippen molar-refractivity contribution in [1.29, 1.82) is 0 Å². The average Bonchev–Trinajstić information content (AvgIpc) is 2.89. The fraction of sp³-hybridized carbons (Fsp3) is 0.667. The van der Waals surface area contributed by atoms with Crippen LogP contribution in [0.3, 0.4) is 0 Å². The van der Waals surface area contributed by atoms with E-state index in [1.807, 2.05) is 6.26 Å². The van der Waals surface area contributed by atoms with Crippen LogP contribution in [-0.2, 0) is 6.42 Å². The van der Waals surface area contributed by atoms with Crippen LogP contribution in [0, 0.1) is 0 Å². The van der Waals surface area contributed by atoms with Gasteiger partial charge in [0.25, 0.3) is 0 Å². The van der Waals surface area contributed by atoms with Gasteiger partial charge in [0.05, 0.1) is 12.5 Å². The molecule has 2 heterocycles.